The van der Waals surface area contributed by atoms with Crippen LogP contribution in [0, 0.1) is 13.8 Å². The number of hydrogen-bond acceptors (Lipinski definition) is 4. The molecule has 0 radical (unpaired) electrons. The minimum atomic E-state index is -0.524. The summed E-state index contributed by atoms with van der Waals surface area (Å²) in [6, 6.07) is -0.524. The number of carbonyl (C=O) groups is 1. The lowest BCUT2D eigenvalue weighted by Gasteiger charge is -2.16. The number of hydrazine groups is 1. The number of aryl methyl sites for hydroxylation is 1. The van der Waals surface area contributed by atoms with Crippen molar-refractivity contribution in [1.29, 1.82) is 0 Å². The van der Waals surface area contributed by atoms with E-state index in [1.807, 2.05) is 13.8 Å². The molecule has 0 aromatic carbocycles. The second-order valence-corrected chi connectivity index (χ2v) is 3.93. The zero-order valence-corrected chi connectivity index (χ0v) is 10.8. The summed E-state index contributed by atoms with van der Waals surface area (Å²) in [5.41, 5.74) is 5.23. The van der Waals surface area contributed by atoms with E-state index in [-0.39, 0.29) is 12.5 Å². The van der Waals surface area contributed by atoms with Crippen LogP contribution >= 0.6 is 0 Å². The summed E-state index contributed by atoms with van der Waals surface area (Å²) in [5.74, 6) is 4.87. The van der Waals surface area contributed by atoms with E-state index >= 15 is 0 Å². The number of carbonyl (C=O) groups excluding carboxylic acids is 1. The molecule has 0 saturated carbocycles. The molecule has 1 aromatic rings. The Balaban J connectivity index is 3.14. The largest absolute Gasteiger partial charge is 0.382 e. The van der Waals surface area contributed by atoms with Crippen LogP contribution in [0.5, 0.6) is 0 Å². The highest BCUT2D eigenvalue weighted by Crippen LogP contribution is 2.18. The number of aromatic nitrogens is 2. The average Bonchev–Trinajstić information content (AvgIpc) is 2.60. The highest BCUT2D eigenvalue weighted by atomic mass is 16.5. The minimum absolute atomic E-state index is 0.244. The maximum absolute atomic E-state index is 11.7. The molecule has 0 bridgehead atoms. The molecule has 0 spiro atoms. The van der Waals surface area contributed by atoms with E-state index in [1.54, 1.807) is 11.8 Å². The van der Waals surface area contributed by atoms with Crippen molar-refractivity contribution in [2.24, 2.45) is 5.84 Å². The van der Waals surface area contributed by atoms with Crippen LogP contribution in [-0.4, -0.2) is 29.4 Å². The lowest BCUT2D eigenvalue weighted by Crippen LogP contribution is -2.39. The number of amides is 1. The molecular formula is C11H20N4O2. The fraction of sp³-hybridized carbons (Fsp3) is 0.636. The van der Waals surface area contributed by atoms with E-state index in [0.717, 1.165) is 23.4 Å². The van der Waals surface area contributed by atoms with Crippen molar-refractivity contribution in [3.05, 3.63) is 17.0 Å². The zero-order chi connectivity index (χ0) is 13.0. The van der Waals surface area contributed by atoms with E-state index in [1.165, 1.54) is 0 Å². The Labute approximate surface area is 101 Å². The second kappa shape index (κ2) is 5.79. The van der Waals surface area contributed by atoms with Crippen LogP contribution in [0.4, 0.5) is 0 Å². The SMILES string of the molecule is CCc1c(C)nn(C(COC)C(=O)NN)c1C. The number of ether oxygens (including phenoxy) is 1. The smallest absolute Gasteiger partial charge is 0.261 e. The first-order chi connectivity index (χ1) is 8.06. The Hall–Kier alpha value is -1.40. The Bertz CT molecular complexity index is 400. The van der Waals surface area contributed by atoms with Crippen LogP contribution in [0.25, 0.3) is 0 Å². The third-order valence-electron chi connectivity index (χ3n) is 2.89. The zero-order valence-electron chi connectivity index (χ0n) is 10.8. The molecule has 17 heavy (non-hydrogen) atoms. The van der Waals surface area contributed by atoms with Crippen LogP contribution in [0.15, 0.2) is 0 Å². The van der Waals surface area contributed by atoms with E-state index < -0.39 is 6.04 Å². The van der Waals surface area contributed by atoms with E-state index in [2.05, 4.69) is 17.4 Å². The van der Waals surface area contributed by atoms with Gasteiger partial charge in [-0.3, -0.25) is 14.9 Å². The number of nitrogens with two attached hydrogens (primary N) is 1. The Morgan fingerprint density at radius 1 is 1.59 bits per heavy atom. The quantitative estimate of drug-likeness (QED) is 0.439. The van der Waals surface area contributed by atoms with Crippen molar-refractivity contribution in [2.75, 3.05) is 13.7 Å². The summed E-state index contributed by atoms with van der Waals surface area (Å²) in [5, 5.41) is 4.39. The van der Waals surface area contributed by atoms with Crippen LogP contribution in [0.1, 0.15) is 29.9 Å². The van der Waals surface area contributed by atoms with Gasteiger partial charge in [-0.1, -0.05) is 6.92 Å². The highest BCUT2D eigenvalue weighted by Gasteiger charge is 2.24. The molecule has 96 valence electrons. The Morgan fingerprint density at radius 2 is 2.24 bits per heavy atom. The number of hydrogen-bond donors (Lipinski definition) is 2. The van der Waals surface area contributed by atoms with Gasteiger partial charge >= 0.3 is 0 Å². The van der Waals surface area contributed by atoms with Crippen molar-refractivity contribution in [1.82, 2.24) is 15.2 Å². The normalized spacial score (nSPS) is 12.5. The van der Waals surface area contributed by atoms with Crippen molar-refractivity contribution < 1.29 is 9.53 Å². The molecule has 1 rings (SSSR count). The number of rotatable bonds is 5. The molecule has 6 nitrogen and oxygen atoms in total. The summed E-state index contributed by atoms with van der Waals surface area (Å²) < 4.78 is 6.72. The predicted octanol–water partition coefficient (Wildman–Crippen LogP) is 0.240. The maximum Gasteiger partial charge on any atom is 0.261 e. The summed E-state index contributed by atoms with van der Waals surface area (Å²) >= 11 is 0. The number of nitrogens with one attached hydrogen (secondary N) is 1. The van der Waals surface area contributed by atoms with Gasteiger partial charge in [0.2, 0.25) is 0 Å². The van der Waals surface area contributed by atoms with Gasteiger partial charge in [-0.2, -0.15) is 5.10 Å². The molecule has 1 amide bonds. The van der Waals surface area contributed by atoms with Gasteiger partial charge in [0.1, 0.15) is 0 Å². The highest BCUT2D eigenvalue weighted by molar-refractivity contribution is 5.79. The van der Waals surface area contributed by atoms with Gasteiger partial charge in [0, 0.05) is 12.8 Å². The van der Waals surface area contributed by atoms with E-state index in [9.17, 15) is 4.79 Å². The van der Waals surface area contributed by atoms with Gasteiger partial charge in [0.25, 0.3) is 5.91 Å². The molecule has 0 fully saturated rings. The Kier molecular flexibility index (Phi) is 4.65. The first-order valence-electron chi connectivity index (χ1n) is 5.60. The van der Waals surface area contributed by atoms with Crippen molar-refractivity contribution in [2.45, 2.75) is 33.2 Å². The second-order valence-electron chi connectivity index (χ2n) is 3.93. The van der Waals surface area contributed by atoms with E-state index in [0.29, 0.717) is 0 Å². The van der Waals surface area contributed by atoms with Crippen LogP contribution in [0.2, 0.25) is 0 Å². The monoisotopic (exact) mass is 240 g/mol. The number of nitrogens with zero attached hydrogens (tertiary/aromatic N) is 2. The molecule has 0 aliphatic rings. The molecule has 1 atom stereocenters. The van der Waals surface area contributed by atoms with Crippen LogP contribution in [-0.2, 0) is 16.0 Å². The van der Waals surface area contributed by atoms with Crippen LogP contribution < -0.4 is 11.3 Å². The molecule has 0 saturated heterocycles. The molecule has 0 aliphatic carbocycles. The van der Waals surface area contributed by atoms with Gasteiger partial charge in [-0.05, 0) is 25.8 Å². The van der Waals surface area contributed by atoms with Crippen molar-refractivity contribution in [3.8, 4) is 0 Å². The summed E-state index contributed by atoms with van der Waals surface area (Å²) in [6.45, 7) is 6.20. The molecule has 1 unspecified atom stereocenters. The molecule has 1 aromatic heterocycles. The van der Waals surface area contributed by atoms with Crippen LogP contribution in [0.3, 0.4) is 0 Å². The van der Waals surface area contributed by atoms with Gasteiger partial charge in [-0.25, -0.2) is 5.84 Å². The van der Waals surface area contributed by atoms with E-state index in [4.69, 9.17) is 10.6 Å². The summed E-state index contributed by atoms with van der Waals surface area (Å²) in [6.07, 6.45) is 0.890. The Morgan fingerprint density at radius 3 is 2.65 bits per heavy atom. The topological polar surface area (TPSA) is 82.2 Å². The minimum Gasteiger partial charge on any atom is -0.382 e. The molecule has 0 aliphatic heterocycles. The molecular weight excluding hydrogens is 220 g/mol. The fourth-order valence-electron chi connectivity index (χ4n) is 2.02. The van der Waals surface area contributed by atoms with Gasteiger partial charge in [0.15, 0.2) is 6.04 Å². The lowest BCUT2D eigenvalue weighted by atomic mass is 10.1. The summed E-state index contributed by atoms with van der Waals surface area (Å²) in [7, 11) is 1.54. The third kappa shape index (κ3) is 2.65. The van der Waals surface area contributed by atoms with Crippen molar-refractivity contribution >= 4 is 5.91 Å². The van der Waals surface area contributed by atoms with Gasteiger partial charge in [0.05, 0.1) is 12.3 Å². The predicted molar refractivity (Wildman–Crippen MR) is 64.3 cm³/mol. The fourth-order valence-corrected chi connectivity index (χ4v) is 2.02. The molecule has 6 heteroatoms. The lowest BCUT2D eigenvalue weighted by molar-refractivity contribution is -0.126. The third-order valence-corrected chi connectivity index (χ3v) is 2.89. The van der Waals surface area contributed by atoms with Crippen molar-refractivity contribution in [3.63, 3.8) is 0 Å². The number of methoxy groups -OCH3 is 1. The maximum atomic E-state index is 11.7. The average molecular weight is 240 g/mol. The summed E-state index contributed by atoms with van der Waals surface area (Å²) in [4.78, 5) is 11.7. The standard InChI is InChI=1S/C11H20N4O2/c1-5-9-7(2)14-15(8(9)3)10(6-17-4)11(16)13-12/h10H,5-6,12H2,1-4H3,(H,13,16). The first kappa shape index (κ1) is 13.7. The van der Waals surface area contributed by atoms with Gasteiger partial charge < -0.3 is 4.74 Å². The molecule has 3 N–H and O–H groups in total. The molecule has 1 heterocycles. The first-order valence-corrected chi connectivity index (χ1v) is 5.60. The van der Waals surface area contributed by atoms with Gasteiger partial charge in [-0.15, -0.1) is 0 Å².